The smallest absolute Gasteiger partial charge is 0.193 e. The first-order valence-corrected chi connectivity index (χ1v) is 9.02. The molecule has 1 unspecified atom stereocenters. The third kappa shape index (κ3) is 5.76. The quantitative estimate of drug-likeness (QED) is 0.598. The van der Waals surface area contributed by atoms with Crippen molar-refractivity contribution in [3.8, 4) is 0 Å². The van der Waals surface area contributed by atoms with Crippen LogP contribution in [0.2, 0.25) is 0 Å². The SMILES string of the molecule is CCNC(=NCCN1CCOCC1)N1CCC(CC(C)C)C1. The third-order valence-corrected chi connectivity index (χ3v) is 4.51. The molecule has 2 saturated heterocycles. The highest BCUT2D eigenvalue weighted by atomic mass is 16.5. The van der Waals surface area contributed by atoms with Gasteiger partial charge in [0.2, 0.25) is 0 Å². The molecular weight excluding hydrogens is 276 g/mol. The van der Waals surface area contributed by atoms with Gasteiger partial charge in [0.15, 0.2) is 5.96 Å². The van der Waals surface area contributed by atoms with Gasteiger partial charge in [0.1, 0.15) is 0 Å². The highest BCUT2D eigenvalue weighted by molar-refractivity contribution is 5.80. The fourth-order valence-electron chi connectivity index (χ4n) is 3.43. The Bertz CT molecular complexity index is 340. The van der Waals surface area contributed by atoms with Crippen LogP contribution in [0, 0.1) is 11.8 Å². The minimum absolute atomic E-state index is 0.797. The molecular formula is C17H34N4O. The number of ether oxygens (including phenoxy) is 1. The summed E-state index contributed by atoms with van der Waals surface area (Å²) in [6, 6.07) is 0. The Morgan fingerprint density at radius 2 is 2.05 bits per heavy atom. The van der Waals surface area contributed by atoms with Crippen LogP contribution in [-0.2, 0) is 4.74 Å². The van der Waals surface area contributed by atoms with Gasteiger partial charge in [-0.2, -0.15) is 0 Å². The van der Waals surface area contributed by atoms with E-state index in [1.54, 1.807) is 0 Å². The fourth-order valence-corrected chi connectivity index (χ4v) is 3.43. The molecule has 2 heterocycles. The maximum Gasteiger partial charge on any atom is 0.193 e. The van der Waals surface area contributed by atoms with Gasteiger partial charge in [-0.3, -0.25) is 9.89 Å². The molecule has 128 valence electrons. The van der Waals surface area contributed by atoms with E-state index in [1.165, 1.54) is 19.4 Å². The van der Waals surface area contributed by atoms with Gasteiger partial charge < -0.3 is 15.0 Å². The van der Waals surface area contributed by atoms with E-state index < -0.39 is 0 Å². The molecule has 0 aromatic heterocycles. The van der Waals surface area contributed by atoms with Crippen molar-refractivity contribution in [3.63, 3.8) is 0 Å². The zero-order valence-corrected chi connectivity index (χ0v) is 14.7. The Kier molecular flexibility index (Phi) is 7.46. The largest absolute Gasteiger partial charge is 0.379 e. The van der Waals surface area contributed by atoms with E-state index in [4.69, 9.17) is 9.73 Å². The van der Waals surface area contributed by atoms with Crippen LogP contribution in [0.15, 0.2) is 4.99 Å². The molecule has 0 radical (unpaired) electrons. The molecule has 2 fully saturated rings. The second kappa shape index (κ2) is 9.36. The zero-order chi connectivity index (χ0) is 15.8. The summed E-state index contributed by atoms with van der Waals surface area (Å²) in [5.74, 6) is 2.75. The van der Waals surface area contributed by atoms with Crippen molar-refractivity contribution in [1.29, 1.82) is 0 Å². The molecule has 2 rings (SSSR count). The van der Waals surface area contributed by atoms with E-state index in [1.807, 2.05) is 0 Å². The number of nitrogens with one attached hydrogen (secondary N) is 1. The number of hydrogen-bond donors (Lipinski definition) is 1. The molecule has 0 aliphatic carbocycles. The summed E-state index contributed by atoms with van der Waals surface area (Å²) in [6.07, 6.45) is 2.65. The number of rotatable bonds is 6. The Labute approximate surface area is 136 Å². The van der Waals surface area contributed by atoms with Gasteiger partial charge in [0.05, 0.1) is 19.8 Å². The number of guanidine groups is 1. The van der Waals surface area contributed by atoms with Crippen LogP contribution < -0.4 is 5.32 Å². The van der Waals surface area contributed by atoms with Crippen LogP contribution in [0.4, 0.5) is 0 Å². The Morgan fingerprint density at radius 1 is 1.27 bits per heavy atom. The molecule has 0 bridgehead atoms. The van der Waals surface area contributed by atoms with Crippen LogP contribution in [0.1, 0.15) is 33.6 Å². The third-order valence-electron chi connectivity index (χ3n) is 4.51. The van der Waals surface area contributed by atoms with Crippen molar-refractivity contribution < 1.29 is 4.74 Å². The Morgan fingerprint density at radius 3 is 2.73 bits per heavy atom. The van der Waals surface area contributed by atoms with Crippen molar-refractivity contribution in [2.24, 2.45) is 16.8 Å². The van der Waals surface area contributed by atoms with E-state index in [0.29, 0.717) is 0 Å². The van der Waals surface area contributed by atoms with Crippen LogP contribution >= 0.6 is 0 Å². The summed E-state index contributed by atoms with van der Waals surface area (Å²) >= 11 is 0. The lowest BCUT2D eigenvalue weighted by molar-refractivity contribution is 0.0394. The standard InChI is InChI=1S/C17H34N4O/c1-4-18-17(19-6-8-20-9-11-22-12-10-20)21-7-5-16(14-21)13-15(2)3/h15-16H,4-14H2,1-3H3,(H,18,19). The van der Waals surface area contributed by atoms with Crippen molar-refractivity contribution in [2.75, 3.05) is 59.0 Å². The molecule has 1 atom stereocenters. The Hall–Kier alpha value is -0.810. The number of hydrogen-bond acceptors (Lipinski definition) is 3. The molecule has 5 nitrogen and oxygen atoms in total. The minimum Gasteiger partial charge on any atom is -0.379 e. The number of nitrogens with zero attached hydrogens (tertiary/aromatic N) is 3. The summed E-state index contributed by atoms with van der Waals surface area (Å²) in [7, 11) is 0. The first kappa shape index (κ1) is 17.5. The van der Waals surface area contributed by atoms with Gasteiger partial charge in [-0.1, -0.05) is 13.8 Å². The number of likely N-dealkylation sites (tertiary alicyclic amines) is 1. The second-order valence-corrected chi connectivity index (χ2v) is 6.92. The lowest BCUT2D eigenvalue weighted by Gasteiger charge is -2.26. The van der Waals surface area contributed by atoms with Gasteiger partial charge in [0, 0.05) is 39.3 Å². The highest BCUT2D eigenvalue weighted by Gasteiger charge is 2.25. The summed E-state index contributed by atoms with van der Waals surface area (Å²) in [5, 5.41) is 3.47. The lowest BCUT2D eigenvalue weighted by atomic mass is 9.97. The summed E-state index contributed by atoms with van der Waals surface area (Å²) in [5.41, 5.74) is 0. The average molecular weight is 310 g/mol. The normalized spacial score (nSPS) is 24.3. The molecule has 0 aromatic rings. The number of morpholine rings is 1. The van der Waals surface area contributed by atoms with Crippen molar-refractivity contribution in [3.05, 3.63) is 0 Å². The van der Waals surface area contributed by atoms with Gasteiger partial charge >= 0.3 is 0 Å². The second-order valence-electron chi connectivity index (χ2n) is 6.92. The molecule has 5 heteroatoms. The molecule has 1 N–H and O–H groups in total. The van der Waals surface area contributed by atoms with Crippen molar-refractivity contribution in [1.82, 2.24) is 15.1 Å². The van der Waals surface area contributed by atoms with Crippen LogP contribution in [-0.4, -0.2) is 74.8 Å². The van der Waals surface area contributed by atoms with Gasteiger partial charge in [-0.15, -0.1) is 0 Å². The van der Waals surface area contributed by atoms with Crippen molar-refractivity contribution in [2.45, 2.75) is 33.6 Å². The first-order valence-electron chi connectivity index (χ1n) is 9.02. The maximum atomic E-state index is 5.39. The predicted molar refractivity (Wildman–Crippen MR) is 92.4 cm³/mol. The molecule has 22 heavy (non-hydrogen) atoms. The van der Waals surface area contributed by atoms with E-state index >= 15 is 0 Å². The van der Waals surface area contributed by atoms with E-state index in [9.17, 15) is 0 Å². The molecule has 0 spiro atoms. The first-order chi connectivity index (χ1) is 10.7. The fraction of sp³-hybridized carbons (Fsp3) is 0.941. The summed E-state index contributed by atoms with van der Waals surface area (Å²) < 4.78 is 5.39. The molecule has 2 aliphatic rings. The molecule has 0 amide bonds. The molecule has 0 saturated carbocycles. The van der Waals surface area contributed by atoms with Crippen molar-refractivity contribution >= 4 is 5.96 Å². The monoisotopic (exact) mass is 310 g/mol. The van der Waals surface area contributed by atoms with Crippen LogP contribution in [0.5, 0.6) is 0 Å². The zero-order valence-electron chi connectivity index (χ0n) is 14.7. The van der Waals surface area contributed by atoms with Crippen LogP contribution in [0.3, 0.4) is 0 Å². The lowest BCUT2D eigenvalue weighted by Crippen LogP contribution is -2.41. The summed E-state index contributed by atoms with van der Waals surface area (Å²) in [6.45, 7) is 15.8. The molecule has 2 aliphatic heterocycles. The van der Waals surface area contributed by atoms with E-state index in [0.717, 1.165) is 70.3 Å². The topological polar surface area (TPSA) is 40.1 Å². The van der Waals surface area contributed by atoms with Crippen LogP contribution in [0.25, 0.3) is 0 Å². The molecule has 0 aromatic carbocycles. The highest BCUT2D eigenvalue weighted by Crippen LogP contribution is 2.23. The van der Waals surface area contributed by atoms with Gasteiger partial charge in [0.25, 0.3) is 0 Å². The predicted octanol–water partition coefficient (Wildman–Crippen LogP) is 1.65. The maximum absolute atomic E-state index is 5.39. The minimum atomic E-state index is 0.797. The van der Waals surface area contributed by atoms with Gasteiger partial charge in [-0.05, 0) is 31.6 Å². The Balaban J connectivity index is 1.79. The average Bonchev–Trinajstić information content (AvgIpc) is 2.95. The van der Waals surface area contributed by atoms with E-state index in [2.05, 4.69) is 35.9 Å². The summed E-state index contributed by atoms with van der Waals surface area (Å²) in [4.78, 5) is 9.75. The van der Waals surface area contributed by atoms with Gasteiger partial charge in [-0.25, -0.2) is 0 Å². The number of aliphatic imine (C=N–C) groups is 1. The van der Waals surface area contributed by atoms with E-state index in [-0.39, 0.29) is 0 Å².